The van der Waals surface area contributed by atoms with Crippen molar-refractivity contribution in [2.24, 2.45) is 11.3 Å². The van der Waals surface area contributed by atoms with Crippen LogP contribution in [0.2, 0.25) is 0 Å². The van der Waals surface area contributed by atoms with E-state index in [-0.39, 0.29) is 11.9 Å². The van der Waals surface area contributed by atoms with E-state index in [1.807, 2.05) is 6.92 Å². The predicted octanol–water partition coefficient (Wildman–Crippen LogP) is 1.55. The average molecular weight is 266 g/mol. The van der Waals surface area contributed by atoms with Gasteiger partial charge in [0.15, 0.2) is 0 Å². The zero-order valence-corrected chi connectivity index (χ0v) is 11.8. The highest BCUT2D eigenvalue weighted by atomic mass is 16.6. The highest BCUT2D eigenvalue weighted by Gasteiger charge is 2.63. The molecule has 0 unspecified atom stereocenters. The first-order valence-electron chi connectivity index (χ1n) is 7.13. The summed E-state index contributed by atoms with van der Waals surface area (Å²) >= 11 is 0. The fourth-order valence-corrected chi connectivity index (χ4v) is 4.38. The van der Waals surface area contributed by atoms with Gasteiger partial charge in [-0.3, -0.25) is 0 Å². The van der Waals surface area contributed by atoms with E-state index in [0.717, 1.165) is 12.8 Å². The van der Waals surface area contributed by atoms with Gasteiger partial charge in [0.2, 0.25) is 0 Å². The topological polar surface area (TPSA) is 66.8 Å². The standard InChI is InChI=1S/C15H22O4/c1-8-5-4-6-15(18)7-10-11(9(2)13(17)19-10)12(16)14(8,15)3/h8,10,12,16,18H,4-7H2,1-3H3/t8-,10-,12+,14-,15-/m0/s1. The SMILES string of the molecule is CC1=C2[C@H](C[C@@]3(O)CCC[C@H](C)[C@@]3(C)[C@@H]2O)OC1=O. The van der Waals surface area contributed by atoms with E-state index in [0.29, 0.717) is 24.0 Å². The van der Waals surface area contributed by atoms with Gasteiger partial charge in [0.1, 0.15) is 6.10 Å². The van der Waals surface area contributed by atoms with Crippen molar-refractivity contribution in [1.82, 2.24) is 0 Å². The van der Waals surface area contributed by atoms with E-state index in [2.05, 4.69) is 6.92 Å². The molecule has 0 radical (unpaired) electrons. The van der Waals surface area contributed by atoms with Crippen molar-refractivity contribution in [2.75, 3.05) is 0 Å². The van der Waals surface area contributed by atoms with Crippen LogP contribution in [0.1, 0.15) is 46.5 Å². The molecule has 19 heavy (non-hydrogen) atoms. The molecule has 2 N–H and O–H groups in total. The Morgan fingerprint density at radius 2 is 2.11 bits per heavy atom. The van der Waals surface area contributed by atoms with Gasteiger partial charge in [-0.1, -0.05) is 20.3 Å². The van der Waals surface area contributed by atoms with Gasteiger partial charge in [0, 0.05) is 23.0 Å². The van der Waals surface area contributed by atoms with Crippen molar-refractivity contribution in [3.63, 3.8) is 0 Å². The maximum atomic E-state index is 11.7. The molecule has 2 aliphatic carbocycles. The maximum Gasteiger partial charge on any atom is 0.334 e. The lowest BCUT2D eigenvalue weighted by Gasteiger charge is -2.58. The Bertz CT molecular complexity index is 469. The monoisotopic (exact) mass is 266 g/mol. The maximum absolute atomic E-state index is 11.7. The molecular weight excluding hydrogens is 244 g/mol. The summed E-state index contributed by atoms with van der Waals surface area (Å²) in [7, 11) is 0. The molecule has 1 aliphatic heterocycles. The molecule has 2 saturated carbocycles. The van der Waals surface area contributed by atoms with Crippen LogP contribution in [0.15, 0.2) is 11.1 Å². The average Bonchev–Trinajstić information content (AvgIpc) is 2.60. The molecule has 4 heteroatoms. The molecule has 5 atom stereocenters. The number of ether oxygens (including phenoxy) is 1. The normalized spacial score (nSPS) is 49.7. The summed E-state index contributed by atoms with van der Waals surface area (Å²) in [6, 6.07) is 0. The van der Waals surface area contributed by atoms with Gasteiger partial charge < -0.3 is 14.9 Å². The van der Waals surface area contributed by atoms with Crippen LogP contribution in [0, 0.1) is 11.3 Å². The van der Waals surface area contributed by atoms with Gasteiger partial charge >= 0.3 is 5.97 Å². The third kappa shape index (κ3) is 1.44. The minimum atomic E-state index is -0.941. The molecule has 0 aromatic rings. The first-order chi connectivity index (χ1) is 8.81. The number of aliphatic hydroxyl groups is 2. The molecule has 0 saturated heterocycles. The second-order valence-electron chi connectivity index (χ2n) is 6.69. The van der Waals surface area contributed by atoms with Crippen molar-refractivity contribution in [3.05, 3.63) is 11.1 Å². The molecule has 0 spiro atoms. The van der Waals surface area contributed by atoms with Crippen LogP contribution in [-0.4, -0.2) is 34.0 Å². The lowest BCUT2D eigenvalue weighted by atomic mass is 9.50. The molecule has 1 heterocycles. The Kier molecular flexibility index (Phi) is 2.64. The largest absolute Gasteiger partial charge is 0.454 e. The fourth-order valence-electron chi connectivity index (χ4n) is 4.38. The summed E-state index contributed by atoms with van der Waals surface area (Å²) in [5, 5.41) is 21.8. The second kappa shape index (κ2) is 3.83. The molecule has 3 rings (SSSR count). The van der Waals surface area contributed by atoms with Crippen LogP contribution in [0.3, 0.4) is 0 Å². The number of fused-ring (bicyclic) bond motifs is 2. The number of hydrogen-bond acceptors (Lipinski definition) is 4. The van der Waals surface area contributed by atoms with E-state index in [4.69, 9.17) is 4.74 Å². The van der Waals surface area contributed by atoms with Crippen LogP contribution >= 0.6 is 0 Å². The summed E-state index contributed by atoms with van der Waals surface area (Å²) in [6.07, 6.45) is 1.82. The van der Waals surface area contributed by atoms with Crippen LogP contribution in [-0.2, 0) is 9.53 Å². The van der Waals surface area contributed by atoms with Crippen molar-refractivity contribution in [1.29, 1.82) is 0 Å². The van der Waals surface area contributed by atoms with Gasteiger partial charge in [-0.25, -0.2) is 4.79 Å². The first-order valence-corrected chi connectivity index (χ1v) is 7.13. The van der Waals surface area contributed by atoms with E-state index in [1.54, 1.807) is 6.92 Å². The van der Waals surface area contributed by atoms with Crippen LogP contribution < -0.4 is 0 Å². The number of hydrogen-bond donors (Lipinski definition) is 2. The smallest absolute Gasteiger partial charge is 0.334 e. The minimum Gasteiger partial charge on any atom is -0.454 e. The molecule has 2 fully saturated rings. The van der Waals surface area contributed by atoms with Crippen molar-refractivity contribution in [3.8, 4) is 0 Å². The summed E-state index contributed by atoms with van der Waals surface area (Å²) < 4.78 is 5.31. The highest BCUT2D eigenvalue weighted by Crippen LogP contribution is 2.58. The van der Waals surface area contributed by atoms with Gasteiger partial charge in [-0.2, -0.15) is 0 Å². The summed E-state index contributed by atoms with van der Waals surface area (Å²) in [5.74, 6) is -0.129. The third-order valence-corrected chi connectivity index (χ3v) is 5.97. The van der Waals surface area contributed by atoms with Gasteiger partial charge in [0.25, 0.3) is 0 Å². The first kappa shape index (κ1) is 13.1. The van der Waals surface area contributed by atoms with Crippen LogP contribution in [0.25, 0.3) is 0 Å². The lowest BCUT2D eigenvalue weighted by Crippen LogP contribution is -2.64. The van der Waals surface area contributed by atoms with E-state index in [9.17, 15) is 15.0 Å². The van der Waals surface area contributed by atoms with Gasteiger partial charge in [-0.15, -0.1) is 0 Å². The van der Waals surface area contributed by atoms with Gasteiger partial charge in [0.05, 0.1) is 11.7 Å². The Labute approximate surface area is 113 Å². The Balaban J connectivity index is 2.11. The van der Waals surface area contributed by atoms with E-state index in [1.165, 1.54) is 0 Å². The molecule has 106 valence electrons. The summed E-state index contributed by atoms with van der Waals surface area (Å²) in [5.41, 5.74) is -0.306. The van der Waals surface area contributed by atoms with Gasteiger partial charge in [-0.05, 0) is 25.7 Å². The van der Waals surface area contributed by atoms with E-state index >= 15 is 0 Å². The Morgan fingerprint density at radius 1 is 1.42 bits per heavy atom. The van der Waals surface area contributed by atoms with E-state index < -0.39 is 23.2 Å². The molecular formula is C15H22O4. The summed E-state index contributed by atoms with van der Waals surface area (Å²) in [4.78, 5) is 11.7. The Morgan fingerprint density at radius 3 is 2.79 bits per heavy atom. The van der Waals surface area contributed by atoms with Crippen molar-refractivity contribution >= 4 is 5.97 Å². The molecule has 4 nitrogen and oxygen atoms in total. The fraction of sp³-hybridized carbons (Fsp3) is 0.800. The number of esters is 1. The lowest BCUT2D eigenvalue weighted by molar-refractivity contribution is -0.208. The molecule has 3 aliphatic rings. The van der Waals surface area contributed by atoms with Crippen LogP contribution in [0.4, 0.5) is 0 Å². The Hall–Kier alpha value is -0.870. The van der Waals surface area contributed by atoms with Crippen LogP contribution in [0.5, 0.6) is 0 Å². The molecule has 0 bridgehead atoms. The second-order valence-corrected chi connectivity index (χ2v) is 6.69. The molecule has 0 aromatic heterocycles. The number of carbonyl (C=O) groups excluding carboxylic acids is 1. The predicted molar refractivity (Wildman–Crippen MR) is 69.3 cm³/mol. The minimum absolute atomic E-state index is 0.221. The summed E-state index contributed by atoms with van der Waals surface area (Å²) in [6.45, 7) is 5.75. The zero-order valence-electron chi connectivity index (χ0n) is 11.8. The number of rotatable bonds is 0. The van der Waals surface area contributed by atoms with Crippen molar-refractivity contribution < 1.29 is 19.7 Å². The molecule has 0 aromatic carbocycles. The molecule has 0 amide bonds. The quantitative estimate of drug-likeness (QED) is 0.653. The number of carbonyl (C=O) groups is 1. The third-order valence-electron chi connectivity index (χ3n) is 5.97. The van der Waals surface area contributed by atoms with Crippen molar-refractivity contribution in [2.45, 2.75) is 64.3 Å². The zero-order chi connectivity index (χ0) is 14.0. The highest BCUT2D eigenvalue weighted by molar-refractivity contribution is 5.92. The number of aliphatic hydroxyl groups excluding tert-OH is 1.